The summed E-state index contributed by atoms with van der Waals surface area (Å²) >= 11 is 0. The SMILES string of the molecule is CCOC(=O)C(CCC(C)C)N[C@@H](CCCCN)C(=O)N1CCC[C@H]1C(=O)O. The van der Waals surface area contributed by atoms with Gasteiger partial charge in [0.25, 0.3) is 0 Å². The fraction of sp³-hybridized carbons (Fsp3) is 0.850. The summed E-state index contributed by atoms with van der Waals surface area (Å²) in [5.74, 6) is -1.18. The van der Waals surface area contributed by atoms with E-state index in [1.807, 2.05) is 0 Å². The lowest BCUT2D eigenvalue weighted by molar-refractivity contribution is -0.150. The van der Waals surface area contributed by atoms with Crippen LogP contribution in [-0.2, 0) is 19.1 Å². The Morgan fingerprint density at radius 2 is 1.89 bits per heavy atom. The highest BCUT2D eigenvalue weighted by Gasteiger charge is 2.38. The van der Waals surface area contributed by atoms with Crippen molar-refractivity contribution in [1.29, 1.82) is 0 Å². The first-order valence-corrected chi connectivity index (χ1v) is 10.5. The molecule has 3 atom stereocenters. The first-order valence-electron chi connectivity index (χ1n) is 10.5. The van der Waals surface area contributed by atoms with E-state index in [0.717, 1.165) is 19.3 Å². The highest BCUT2D eigenvalue weighted by atomic mass is 16.5. The Morgan fingerprint density at radius 3 is 2.46 bits per heavy atom. The molecule has 8 heteroatoms. The van der Waals surface area contributed by atoms with Gasteiger partial charge in [0.1, 0.15) is 12.1 Å². The monoisotopic (exact) mass is 399 g/mol. The number of likely N-dealkylation sites (tertiary alicyclic amines) is 1. The summed E-state index contributed by atoms with van der Waals surface area (Å²) in [6.45, 7) is 7.14. The van der Waals surface area contributed by atoms with Crippen molar-refractivity contribution < 1.29 is 24.2 Å². The minimum absolute atomic E-state index is 0.249. The third-order valence-electron chi connectivity index (χ3n) is 5.07. The van der Waals surface area contributed by atoms with Gasteiger partial charge in [-0.05, 0) is 57.9 Å². The molecule has 1 unspecified atom stereocenters. The van der Waals surface area contributed by atoms with E-state index >= 15 is 0 Å². The van der Waals surface area contributed by atoms with Crippen molar-refractivity contribution in [1.82, 2.24) is 10.2 Å². The number of nitrogens with one attached hydrogen (secondary N) is 1. The van der Waals surface area contributed by atoms with Crippen LogP contribution in [0.15, 0.2) is 0 Å². The van der Waals surface area contributed by atoms with Gasteiger partial charge in [-0.1, -0.05) is 20.3 Å². The molecule has 1 aliphatic heterocycles. The molecule has 4 N–H and O–H groups in total. The van der Waals surface area contributed by atoms with E-state index < -0.39 is 24.1 Å². The number of carboxylic acid groups (broad SMARTS) is 1. The molecule has 0 bridgehead atoms. The lowest BCUT2D eigenvalue weighted by atomic mass is 10.0. The molecule has 1 rings (SSSR count). The number of carboxylic acids is 1. The highest BCUT2D eigenvalue weighted by molar-refractivity contribution is 5.88. The Morgan fingerprint density at radius 1 is 1.18 bits per heavy atom. The number of hydrogen-bond donors (Lipinski definition) is 3. The molecule has 1 heterocycles. The minimum Gasteiger partial charge on any atom is -0.480 e. The second-order valence-corrected chi connectivity index (χ2v) is 7.81. The predicted molar refractivity (Wildman–Crippen MR) is 107 cm³/mol. The van der Waals surface area contributed by atoms with Gasteiger partial charge in [0.15, 0.2) is 0 Å². The first kappa shape index (κ1) is 24.4. The number of unbranched alkanes of at least 4 members (excludes halogenated alkanes) is 1. The average molecular weight is 400 g/mol. The van der Waals surface area contributed by atoms with E-state index in [4.69, 9.17) is 10.5 Å². The van der Waals surface area contributed by atoms with Gasteiger partial charge in [-0.25, -0.2) is 4.79 Å². The van der Waals surface area contributed by atoms with Crippen molar-refractivity contribution in [2.45, 2.75) is 83.8 Å². The Labute approximate surface area is 168 Å². The van der Waals surface area contributed by atoms with Gasteiger partial charge in [-0.15, -0.1) is 0 Å². The average Bonchev–Trinajstić information content (AvgIpc) is 3.13. The molecule has 28 heavy (non-hydrogen) atoms. The molecule has 1 aliphatic rings. The Bertz CT molecular complexity index is 512. The standard InChI is InChI=1S/C20H37N3O5/c1-4-28-20(27)16(11-10-14(2)3)22-15(8-5-6-12-21)18(24)23-13-7-9-17(23)19(25)26/h14-17,22H,4-13,21H2,1-3H3,(H,25,26)/t15-,16?,17-/m0/s1. The smallest absolute Gasteiger partial charge is 0.326 e. The van der Waals surface area contributed by atoms with Crippen LogP contribution >= 0.6 is 0 Å². The van der Waals surface area contributed by atoms with Crippen LogP contribution in [0.3, 0.4) is 0 Å². The van der Waals surface area contributed by atoms with Crippen molar-refractivity contribution in [3.63, 3.8) is 0 Å². The fourth-order valence-corrected chi connectivity index (χ4v) is 3.51. The zero-order valence-electron chi connectivity index (χ0n) is 17.5. The lowest BCUT2D eigenvalue weighted by Gasteiger charge is -2.30. The number of rotatable bonds is 13. The fourth-order valence-electron chi connectivity index (χ4n) is 3.51. The highest BCUT2D eigenvalue weighted by Crippen LogP contribution is 2.20. The number of nitrogens with two attached hydrogens (primary N) is 1. The van der Waals surface area contributed by atoms with Gasteiger partial charge in [0, 0.05) is 6.54 Å². The summed E-state index contributed by atoms with van der Waals surface area (Å²) in [5.41, 5.74) is 5.58. The molecule has 0 aromatic heterocycles. The van der Waals surface area contributed by atoms with E-state index in [9.17, 15) is 19.5 Å². The maximum Gasteiger partial charge on any atom is 0.326 e. The van der Waals surface area contributed by atoms with Crippen molar-refractivity contribution in [3.05, 3.63) is 0 Å². The Hall–Kier alpha value is -1.67. The third kappa shape index (κ3) is 7.75. The molecular weight excluding hydrogens is 362 g/mol. The molecule has 0 aromatic carbocycles. The third-order valence-corrected chi connectivity index (χ3v) is 5.07. The Balaban J connectivity index is 2.93. The number of esters is 1. The number of carbonyl (C=O) groups excluding carboxylic acids is 2. The normalized spacial score (nSPS) is 18.9. The van der Waals surface area contributed by atoms with Crippen LogP contribution in [0.2, 0.25) is 0 Å². The summed E-state index contributed by atoms with van der Waals surface area (Å²) in [6.07, 6.45) is 4.53. The summed E-state index contributed by atoms with van der Waals surface area (Å²) in [5, 5.41) is 12.6. The summed E-state index contributed by atoms with van der Waals surface area (Å²) < 4.78 is 5.19. The summed E-state index contributed by atoms with van der Waals surface area (Å²) in [4.78, 5) is 38.5. The van der Waals surface area contributed by atoms with E-state index in [1.54, 1.807) is 6.92 Å². The quantitative estimate of drug-likeness (QED) is 0.317. The van der Waals surface area contributed by atoms with Crippen LogP contribution in [0.4, 0.5) is 0 Å². The largest absolute Gasteiger partial charge is 0.480 e. The van der Waals surface area contributed by atoms with Crippen LogP contribution in [0.1, 0.15) is 65.7 Å². The molecule has 1 fully saturated rings. The van der Waals surface area contributed by atoms with Crippen molar-refractivity contribution in [3.8, 4) is 0 Å². The molecule has 0 radical (unpaired) electrons. The zero-order chi connectivity index (χ0) is 21.1. The van der Waals surface area contributed by atoms with Crippen LogP contribution in [0, 0.1) is 5.92 Å². The molecule has 162 valence electrons. The predicted octanol–water partition coefficient (Wildman–Crippen LogP) is 1.52. The number of ether oxygens (including phenoxy) is 1. The number of carbonyl (C=O) groups is 3. The van der Waals surface area contributed by atoms with E-state index in [1.165, 1.54) is 4.90 Å². The summed E-state index contributed by atoms with van der Waals surface area (Å²) in [6, 6.07) is -1.99. The molecule has 0 spiro atoms. The van der Waals surface area contributed by atoms with Crippen molar-refractivity contribution >= 4 is 17.8 Å². The molecule has 0 aliphatic carbocycles. The second kappa shape index (κ2) is 12.7. The minimum atomic E-state index is -0.978. The van der Waals surface area contributed by atoms with Gasteiger partial charge in [-0.3, -0.25) is 14.9 Å². The van der Waals surface area contributed by atoms with Crippen molar-refractivity contribution in [2.75, 3.05) is 19.7 Å². The molecule has 8 nitrogen and oxygen atoms in total. The van der Waals surface area contributed by atoms with Gasteiger partial charge in [0.2, 0.25) is 5.91 Å². The maximum atomic E-state index is 13.1. The molecule has 0 saturated carbocycles. The van der Waals surface area contributed by atoms with Crippen LogP contribution in [0.25, 0.3) is 0 Å². The van der Waals surface area contributed by atoms with E-state index in [2.05, 4.69) is 19.2 Å². The van der Waals surface area contributed by atoms with Gasteiger partial charge >= 0.3 is 11.9 Å². The van der Waals surface area contributed by atoms with Crippen molar-refractivity contribution in [2.24, 2.45) is 11.7 Å². The zero-order valence-corrected chi connectivity index (χ0v) is 17.5. The number of amides is 1. The second-order valence-electron chi connectivity index (χ2n) is 7.81. The molecular formula is C20H37N3O5. The van der Waals surface area contributed by atoms with E-state index in [-0.39, 0.29) is 18.5 Å². The molecule has 1 amide bonds. The first-order chi connectivity index (χ1) is 13.3. The Kier molecular flexibility index (Phi) is 11.1. The topological polar surface area (TPSA) is 122 Å². The van der Waals surface area contributed by atoms with Gasteiger partial charge in [-0.2, -0.15) is 0 Å². The van der Waals surface area contributed by atoms with E-state index in [0.29, 0.717) is 44.7 Å². The molecule has 0 aromatic rings. The number of aliphatic carboxylic acids is 1. The lowest BCUT2D eigenvalue weighted by Crippen LogP contribution is -2.54. The number of hydrogen-bond acceptors (Lipinski definition) is 6. The van der Waals surface area contributed by atoms with Gasteiger partial charge in [0.05, 0.1) is 12.6 Å². The maximum absolute atomic E-state index is 13.1. The van der Waals surface area contributed by atoms with Crippen LogP contribution in [0.5, 0.6) is 0 Å². The van der Waals surface area contributed by atoms with Crippen LogP contribution < -0.4 is 11.1 Å². The molecule has 1 saturated heterocycles. The van der Waals surface area contributed by atoms with Gasteiger partial charge < -0.3 is 20.5 Å². The summed E-state index contributed by atoms with van der Waals surface area (Å²) in [7, 11) is 0. The number of nitrogens with zero attached hydrogens (tertiary/aromatic N) is 1. The van der Waals surface area contributed by atoms with Crippen LogP contribution in [-0.4, -0.2) is 65.7 Å².